The van der Waals surface area contributed by atoms with Crippen molar-refractivity contribution in [2.24, 2.45) is 0 Å². The third-order valence-electron chi connectivity index (χ3n) is 2.42. The molecule has 3 heteroatoms. The SMILES string of the molecule is BN(C)C1CCN(C)CC1. The zero-order valence-electron chi connectivity index (χ0n) is 7.30. The first-order chi connectivity index (χ1) is 4.70. The maximum Gasteiger partial charge on any atom is 0.185 e. The second-order valence-corrected chi connectivity index (χ2v) is 3.50. The highest BCUT2D eigenvalue weighted by Gasteiger charge is 2.16. The lowest BCUT2D eigenvalue weighted by Gasteiger charge is -2.33. The number of likely N-dealkylation sites (tertiary alicyclic amines) is 1. The molecule has 10 heavy (non-hydrogen) atoms. The van der Waals surface area contributed by atoms with E-state index in [0.717, 1.165) is 6.04 Å². The van der Waals surface area contributed by atoms with Crippen molar-refractivity contribution in [3.8, 4) is 0 Å². The van der Waals surface area contributed by atoms with Crippen molar-refractivity contribution < 1.29 is 0 Å². The standard InChI is InChI=1S/C7H17BN2/c1-9-5-3-7(4-6-9)10(2)8/h7H,3-6,8H2,1-2H3. The molecule has 1 aliphatic heterocycles. The fourth-order valence-electron chi connectivity index (χ4n) is 1.51. The van der Waals surface area contributed by atoms with Crippen LogP contribution < -0.4 is 0 Å². The first-order valence-electron chi connectivity index (χ1n) is 4.05. The van der Waals surface area contributed by atoms with Gasteiger partial charge in [-0.1, -0.05) is 0 Å². The van der Waals surface area contributed by atoms with Crippen LogP contribution in [0.25, 0.3) is 0 Å². The third kappa shape index (κ3) is 1.99. The quantitative estimate of drug-likeness (QED) is 0.455. The summed E-state index contributed by atoms with van der Waals surface area (Å²) in [7, 11) is 6.55. The zero-order valence-corrected chi connectivity index (χ0v) is 7.30. The van der Waals surface area contributed by atoms with E-state index in [-0.39, 0.29) is 0 Å². The molecule has 1 aliphatic rings. The molecule has 1 fully saturated rings. The van der Waals surface area contributed by atoms with Gasteiger partial charge in [-0.25, -0.2) is 0 Å². The van der Waals surface area contributed by atoms with Crippen molar-refractivity contribution in [1.29, 1.82) is 0 Å². The maximum absolute atomic E-state index is 2.40. The van der Waals surface area contributed by atoms with Gasteiger partial charge in [-0.3, -0.25) is 0 Å². The molecule has 0 bridgehead atoms. The Kier molecular flexibility index (Phi) is 2.75. The van der Waals surface area contributed by atoms with Gasteiger partial charge in [0.25, 0.3) is 0 Å². The number of hydrogen-bond acceptors (Lipinski definition) is 2. The molecule has 0 aromatic heterocycles. The van der Waals surface area contributed by atoms with E-state index in [0.29, 0.717) is 0 Å². The highest BCUT2D eigenvalue weighted by atomic mass is 15.1. The first kappa shape index (κ1) is 8.09. The van der Waals surface area contributed by atoms with Gasteiger partial charge >= 0.3 is 0 Å². The van der Waals surface area contributed by atoms with E-state index in [4.69, 9.17) is 0 Å². The Labute approximate surface area is 64.6 Å². The van der Waals surface area contributed by atoms with Crippen LogP contribution in [0, 0.1) is 0 Å². The van der Waals surface area contributed by atoms with Gasteiger partial charge in [-0.05, 0) is 40.0 Å². The van der Waals surface area contributed by atoms with Crippen LogP contribution in [0.5, 0.6) is 0 Å². The van der Waals surface area contributed by atoms with Crippen molar-refractivity contribution in [2.45, 2.75) is 18.9 Å². The average Bonchev–Trinajstić information content (AvgIpc) is 1.88. The van der Waals surface area contributed by atoms with E-state index >= 15 is 0 Å². The number of nitrogens with zero attached hydrogens (tertiary/aromatic N) is 2. The third-order valence-corrected chi connectivity index (χ3v) is 2.42. The first-order valence-corrected chi connectivity index (χ1v) is 4.05. The molecule has 0 aromatic carbocycles. The Hall–Kier alpha value is -0.0151. The molecule has 1 heterocycles. The molecule has 0 unspecified atom stereocenters. The monoisotopic (exact) mass is 140 g/mol. The highest BCUT2D eigenvalue weighted by molar-refractivity contribution is 6.04. The van der Waals surface area contributed by atoms with Gasteiger partial charge in [0.15, 0.2) is 7.98 Å². The second kappa shape index (κ2) is 3.40. The van der Waals surface area contributed by atoms with E-state index in [1.807, 2.05) is 0 Å². The zero-order chi connectivity index (χ0) is 7.56. The summed E-state index contributed by atoms with van der Waals surface area (Å²) in [5.74, 6) is 0. The molecular formula is C7H17BN2. The van der Waals surface area contributed by atoms with Crippen LogP contribution in [0.15, 0.2) is 0 Å². The van der Waals surface area contributed by atoms with Gasteiger partial charge in [0.05, 0.1) is 0 Å². The van der Waals surface area contributed by atoms with Gasteiger partial charge < -0.3 is 9.71 Å². The molecule has 0 saturated carbocycles. The van der Waals surface area contributed by atoms with E-state index < -0.39 is 0 Å². The van der Waals surface area contributed by atoms with Crippen molar-refractivity contribution in [1.82, 2.24) is 9.71 Å². The van der Waals surface area contributed by atoms with Crippen LogP contribution in [0.4, 0.5) is 0 Å². The summed E-state index contributed by atoms with van der Waals surface area (Å²) < 4.78 is 0. The van der Waals surface area contributed by atoms with Crippen LogP contribution in [-0.2, 0) is 0 Å². The fraction of sp³-hybridized carbons (Fsp3) is 1.00. The van der Waals surface area contributed by atoms with E-state index in [9.17, 15) is 0 Å². The molecule has 0 atom stereocenters. The molecule has 0 amide bonds. The lowest BCUT2D eigenvalue weighted by atomic mass is 10.0. The fourth-order valence-corrected chi connectivity index (χ4v) is 1.51. The normalized spacial score (nSPS) is 23.9. The number of rotatable bonds is 1. The Balaban J connectivity index is 2.26. The van der Waals surface area contributed by atoms with Crippen molar-refractivity contribution >= 4 is 7.98 Å². The summed E-state index contributed by atoms with van der Waals surface area (Å²) in [5.41, 5.74) is 0. The molecule has 0 N–H and O–H groups in total. The summed E-state index contributed by atoms with van der Waals surface area (Å²) in [6.45, 7) is 2.53. The molecule has 0 aromatic rings. The maximum atomic E-state index is 2.40. The lowest BCUT2D eigenvalue weighted by Crippen LogP contribution is -2.40. The summed E-state index contributed by atoms with van der Waals surface area (Å²) >= 11 is 0. The molecular weight excluding hydrogens is 123 g/mol. The Morgan fingerprint density at radius 3 is 2.30 bits per heavy atom. The Morgan fingerprint density at radius 1 is 1.40 bits per heavy atom. The summed E-state index contributed by atoms with van der Waals surface area (Å²) in [5, 5.41) is 0. The topological polar surface area (TPSA) is 6.48 Å². The lowest BCUT2D eigenvalue weighted by molar-refractivity contribution is 0.200. The molecule has 1 rings (SSSR count). The van der Waals surface area contributed by atoms with Crippen molar-refractivity contribution in [2.75, 3.05) is 27.2 Å². The largest absolute Gasteiger partial charge is 0.349 e. The minimum atomic E-state index is 0.830. The van der Waals surface area contributed by atoms with Crippen LogP contribution in [0.3, 0.4) is 0 Å². The molecule has 58 valence electrons. The van der Waals surface area contributed by atoms with Gasteiger partial charge in [-0.15, -0.1) is 0 Å². The van der Waals surface area contributed by atoms with Gasteiger partial charge in [0.1, 0.15) is 0 Å². The number of hydrogen-bond donors (Lipinski definition) is 0. The summed E-state index contributed by atoms with van der Waals surface area (Å²) in [6.07, 6.45) is 2.67. The second-order valence-electron chi connectivity index (χ2n) is 3.50. The van der Waals surface area contributed by atoms with Crippen molar-refractivity contribution in [3.05, 3.63) is 0 Å². The van der Waals surface area contributed by atoms with Gasteiger partial charge in [0, 0.05) is 6.04 Å². The predicted octanol–water partition coefficient (Wildman–Crippen LogP) is -0.440. The van der Waals surface area contributed by atoms with E-state index in [1.54, 1.807) is 0 Å². The number of piperidine rings is 1. The molecule has 0 radical (unpaired) electrons. The summed E-state index contributed by atoms with van der Waals surface area (Å²) in [6, 6.07) is 0.830. The van der Waals surface area contributed by atoms with Crippen LogP contribution in [0.1, 0.15) is 12.8 Å². The minimum absolute atomic E-state index is 0.830. The molecule has 0 spiro atoms. The van der Waals surface area contributed by atoms with Gasteiger partial charge in [0.2, 0.25) is 0 Å². The summed E-state index contributed by atoms with van der Waals surface area (Å²) in [4.78, 5) is 4.74. The molecule has 1 saturated heterocycles. The minimum Gasteiger partial charge on any atom is -0.349 e. The Morgan fingerprint density at radius 2 is 1.90 bits per heavy atom. The highest BCUT2D eigenvalue weighted by Crippen LogP contribution is 2.11. The molecule has 0 aliphatic carbocycles. The van der Waals surface area contributed by atoms with E-state index in [2.05, 4.69) is 31.8 Å². The van der Waals surface area contributed by atoms with Crippen LogP contribution >= 0.6 is 0 Å². The smallest absolute Gasteiger partial charge is 0.185 e. The van der Waals surface area contributed by atoms with Gasteiger partial charge in [-0.2, -0.15) is 0 Å². The predicted molar refractivity (Wildman–Crippen MR) is 46.8 cm³/mol. The Bertz CT molecular complexity index is 97.8. The van der Waals surface area contributed by atoms with E-state index in [1.165, 1.54) is 25.9 Å². The molecule has 2 nitrogen and oxygen atoms in total. The van der Waals surface area contributed by atoms with Crippen LogP contribution in [0.2, 0.25) is 0 Å². The average molecular weight is 140 g/mol. The van der Waals surface area contributed by atoms with Crippen molar-refractivity contribution in [3.63, 3.8) is 0 Å². The van der Waals surface area contributed by atoms with Crippen LogP contribution in [-0.4, -0.2) is 50.9 Å².